The molecule has 0 radical (unpaired) electrons. The smallest absolute Gasteiger partial charge is 0.119 e. The third kappa shape index (κ3) is 2.87. The molecule has 4 rings (SSSR count). The van der Waals surface area contributed by atoms with Gasteiger partial charge in [-0.25, -0.2) is 0 Å². The molecule has 1 heterocycles. The van der Waals surface area contributed by atoms with E-state index in [9.17, 15) is 0 Å². The first kappa shape index (κ1) is 15.2. The number of hydrogen-bond acceptors (Lipinski definition) is 3. The number of benzene rings is 3. The third-order valence-electron chi connectivity index (χ3n) is 4.32. The van der Waals surface area contributed by atoms with Crippen LogP contribution in [0, 0.1) is 0 Å². The van der Waals surface area contributed by atoms with Gasteiger partial charge in [-0.2, -0.15) is 0 Å². The molecule has 0 fully saturated rings. The SMILES string of the molecule is COc1ccc(N2Cc3ccccc3SC2c2ccccc2)cc1. The van der Waals surface area contributed by atoms with Crippen LogP contribution in [-0.2, 0) is 6.54 Å². The molecule has 0 aliphatic carbocycles. The lowest BCUT2D eigenvalue weighted by Gasteiger charge is -2.38. The molecule has 0 N–H and O–H groups in total. The standard InChI is InChI=1S/C21H19NOS/c1-23-19-13-11-18(12-14-19)22-15-17-9-5-6-10-20(17)24-21(22)16-7-3-2-4-8-16/h2-14,21H,15H2,1H3. The minimum atomic E-state index is 0.273. The second kappa shape index (κ2) is 6.62. The average Bonchev–Trinajstić information content (AvgIpc) is 2.68. The summed E-state index contributed by atoms with van der Waals surface area (Å²) in [5.74, 6) is 0.889. The predicted octanol–water partition coefficient (Wildman–Crippen LogP) is 5.51. The predicted molar refractivity (Wildman–Crippen MR) is 101 cm³/mol. The van der Waals surface area contributed by atoms with Crippen LogP contribution in [0.3, 0.4) is 0 Å². The van der Waals surface area contributed by atoms with E-state index in [1.165, 1.54) is 21.7 Å². The Balaban J connectivity index is 1.75. The minimum absolute atomic E-state index is 0.273. The highest BCUT2D eigenvalue weighted by atomic mass is 32.2. The van der Waals surface area contributed by atoms with Gasteiger partial charge >= 0.3 is 0 Å². The van der Waals surface area contributed by atoms with Gasteiger partial charge in [-0.1, -0.05) is 60.3 Å². The van der Waals surface area contributed by atoms with Crippen LogP contribution in [0.1, 0.15) is 16.5 Å². The Morgan fingerprint density at radius 1 is 0.875 bits per heavy atom. The molecule has 0 bridgehead atoms. The van der Waals surface area contributed by atoms with Crippen molar-refractivity contribution in [1.82, 2.24) is 0 Å². The van der Waals surface area contributed by atoms with Gasteiger partial charge in [-0.15, -0.1) is 0 Å². The quantitative estimate of drug-likeness (QED) is 0.627. The number of thioether (sulfide) groups is 1. The van der Waals surface area contributed by atoms with Gasteiger partial charge in [0.2, 0.25) is 0 Å². The minimum Gasteiger partial charge on any atom is -0.497 e. The molecule has 0 spiro atoms. The zero-order valence-electron chi connectivity index (χ0n) is 13.6. The van der Waals surface area contributed by atoms with Gasteiger partial charge in [0.25, 0.3) is 0 Å². The number of nitrogens with zero attached hydrogens (tertiary/aromatic N) is 1. The molecule has 3 aromatic carbocycles. The lowest BCUT2D eigenvalue weighted by atomic mass is 10.1. The first-order chi connectivity index (χ1) is 11.8. The molecule has 24 heavy (non-hydrogen) atoms. The second-order valence-corrected chi connectivity index (χ2v) is 6.94. The molecule has 1 aliphatic heterocycles. The molecule has 1 aliphatic rings. The van der Waals surface area contributed by atoms with E-state index in [-0.39, 0.29) is 5.37 Å². The van der Waals surface area contributed by atoms with Gasteiger partial charge in [0.05, 0.1) is 7.11 Å². The third-order valence-corrected chi connectivity index (χ3v) is 5.73. The Labute approximate surface area is 147 Å². The fourth-order valence-corrected chi connectivity index (χ4v) is 4.36. The monoisotopic (exact) mass is 333 g/mol. The summed E-state index contributed by atoms with van der Waals surface area (Å²) in [6.45, 7) is 0.912. The summed E-state index contributed by atoms with van der Waals surface area (Å²) in [6, 6.07) is 27.8. The van der Waals surface area contributed by atoms with Crippen LogP contribution in [0.2, 0.25) is 0 Å². The van der Waals surface area contributed by atoms with E-state index < -0.39 is 0 Å². The second-order valence-electron chi connectivity index (χ2n) is 5.81. The number of hydrogen-bond donors (Lipinski definition) is 0. The zero-order chi connectivity index (χ0) is 16.4. The van der Waals surface area contributed by atoms with E-state index in [0.717, 1.165) is 12.3 Å². The summed E-state index contributed by atoms with van der Waals surface area (Å²) in [4.78, 5) is 3.83. The molecule has 0 amide bonds. The van der Waals surface area contributed by atoms with Crippen LogP contribution in [-0.4, -0.2) is 7.11 Å². The van der Waals surface area contributed by atoms with Crippen molar-refractivity contribution in [3.63, 3.8) is 0 Å². The molecule has 1 atom stereocenters. The van der Waals surface area contributed by atoms with Crippen molar-refractivity contribution < 1.29 is 4.74 Å². The molecular formula is C21H19NOS. The van der Waals surface area contributed by atoms with Gasteiger partial charge in [0.1, 0.15) is 11.1 Å². The fourth-order valence-electron chi connectivity index (χ4n) is 3.07. The lowest BCUT2D eigenvalue weighted by molar-refractivity contribution is 0.415. The number of methoxy groups -OCH3 is 1. The maximum Gasteiger partial charge on any atom is 0.119 e. The number of anilines is 1. The zero-order valence-corrected chi connectivity index (χ0v) is 14.4. The van der Waals surface area contributed by atoms with Crippen LogP contribution in [0.15, 0.2) is 83.8 Å². The number of fused-ring (bicyclic) bond motifs is 1. The van der Waals surface area contributed by atoms with Gasteiger partial charge < -0.3 is 9.64 Å². The van der Waals surface area contributed by atoms with E-state index in [2.05, 4.69) is 71.6 Å². The van der Waals surface area contributed by atoms with E-state index in [1.54, 1.807) is 7.11 Å². The van der Waals surface area contributed by atoms with Crippen LogP contribution in [0.4, 0.5) is 5.69 Å². The van der Waals surface area contributed by atoms with Crippen molar-refractivity contribution in [1.29, 1.82) is 0 Å². The van der Waals surface area contributed by atoms with Crippen LogP contribution in [0.5, 0.6) is 5.75 Å². The first-order valence-electron chi connectivity index (χ1n) is 8.05. The maximum atomic E-state index is 5.30. The molecule has 0 saturated heterocycles. The Hall–Kier alpha value is -2.39. The van der Waals surface area contributed by atoms with E-state index in [0.29, 0.717) is 0 Å². The number of ether oxygens (including phenoxy) is 1. The summed E-state index contributed by atoms with van der Waals surface area (Å²) in [6.07, 6.45) is 0. The summed E-state index contributed by atoms with van der Waals surface area (Å²) in [7, 11) is 1.70. The van der Waals surface area contributed by atoms with Crippen molar-refractivity contribution in [2.45, 2.75) is 16.8 Å². The molecule has 0 aromatic heterocycles. The molecule has 1 unspecified atom stereocenters. The molecule has 120 valence electrons. The summed E-state index contributed by atoms with van der Waals surface area (Å²) in [5, 5.41) is 0.273. The molecule has 3 heteroatoms. The largest absolute Gasteiger partial charge is 0.497 e. The topological polar surface area (TPSA) is 12.5 Å². The Morgan fingerprint density at radius 2 is 1.58 bits per heavy atom. The highest BCUT2D eigenvalue weighted by molar-refractivity contribution is 7.99. The van der Waals surface area contributed by atoms with Gasteiger partial charge in [-0.3, -0.25) is 0 Å². The summed E-state index contributed by atoms with van der Waals surface area (Å²) in [5.41, 5.74) is 3.92. The fraction of sp³-hybridized carbons (Fsp3) is 0.143. The average molecular weight is 333 g/mol. The Kier molecular flexibility index (Phi) is 4.18. The van der Waals surface area contributed by atoms with Crippen molar-refractivity contribution >= 4 is 17.4 Å². The van der Waals surface area contributed by atoms with Crippen LogP contribution in [0.25, 0.3) is 0 Å². The Bertz CT molecular complexity index is 817. The van der Waals surface area contributed by atoms with E-state index >= 15 is 0 Å². The summed E-state index contributed by atoms with van der Waals surface area (Å²) >= 11 is 1.92. The molecule has 2 nitrogen and oxygen atoms in total. The summed E-state index contributed by atoms with van der Waals surface area (Å²) < 4.78 is 5.30. The molecule has 3 aromatic rings. The van der Waals surface area contributed by atoms with Crippen molar-refractivity contribution in [2.24, 2.45) is 0 Å². The highest BCUT2D eigenvalue weighted by Gasteiger charge is 2.28. The number of rotatable bonds is 3. The first-order valence-corrected chi connectivity index (χ1v) is 8.93. The van der Waals surface area contributed by atoms with Gasteiger partial charge in [0.15, 0.2) is 0 Å². The molecular weight excluding hydrogens is 314 g/mol. The maximum absolute atomic E-state index is 5.30. The van der Waals surface area contributed by atoms with Gasteiger partial charge in [-0.05, 0) is 41.5 Å². The van der Waals surface area contributed by atoms with Crippen molar-refractivity contribution in [3.8, 4) is 5.75 Å². The van der Waals surface area contributed by atoms with Crippen LogP contribution >= 0.6 is 11.8 Å². The van der Waals surface area contributed by atoms with Crippen LogP contribution < -0.4 is 9.64 Å². The van der Waals surface area contributed by atoms with E-state index in [1.807, 2.05) is 23.9 Å². The highest BCUT2D eigenvalue weighted by Crippen LogP contribution is 2.46. The van der Waals surface area contributed by atoms with E-state index in [4.69, 9.17) is 4.74 Å². The Morgan fingerprint density at radius 3 is 2.33 bits per heavy atom. The van der Waals surface area contributed by atoms with Gasteiger partial charge in [0, 0.05) is 17.1 Å². The molecule has 0 saturated carbocycles. The normalized spacial score (nSPS) is 16.5. The lowest BCUT2D eigenvalue weighted by Crippen LogP contribution is -2.29. The van der Waals surface area contributed by atoms with Crippen molar-refractivity contribution in [3.05, 3.63) is 90.0 Å². The van der Waals surface area contributed by atoms with Crippen molar-refractivity contribution in [2.75, 3.05) is 12.0 Å².